The molecule has 156 valence electrons. The largest absolute Gasteiger partial charge is 0.487 e. The highest BCUT2D eigenvalue weighted by atomic mass is 16.5. The number of hydrogen-bond acceptors (Lipinski definition) is 6. The lowest BCUT2D eigenvalue weighted by molar-refractivity contribution is -0.119. The van der Waals surface area contributed by atoms with Crippen LogP contribution >= 0.6 is 0 Å². The molecule has 9 nitrogen and oxygen atoms in total. The van der Waals surface area contributed by atoms with Crippen molar-refractivity contribution in [3.8, 4) is 11.6 Å². The maximum atomic E-state index is 11.3. The zero-order valence-electron chi connectivity index (χ0n) is 16.7. The van der Waals surface area contributed by atoms with Gasteiger partial charge >= 0.3 is 0 Å². The monoisotopic (exact) mass is 415 g/mol. The summed E-state index contributed by atoms with van der Waals surface area (Å²) >= 11 is 0. The van der Waals surface area contributed by atoms with E-state index in [-0.39, 0.29) is 17.7 Å². The van der Waals surface area contributed by atoms with Crippen LogP contribution in [0.5, 0.6) is 5.75 Å². The highest BCUT2D eigenvalue weighted by molar-refractivity contribution is 5.81. The zero-order chi connectivity index (χ0) is 21.2. The molecule has 2 N–H and O–H groups in total. The average Bonchev–Trinajstić information content (AvgIpc) is 3.18. The van der Waals surface area contributed by atoms with E-state index in [9.17, 15) is 4.79 Å². The number of aromatic nitrogens is 6. The van der Waals surface area contributed by atoms with Gasteiger partial charge in [0.15, 0.2) is 5.82 Å². The van der Waals surface area contributed by atoms with E-state index in [1.165, 1.54) is 5.56 Å². The van der Waals surface area contributed by atoms with Crippen LogP contribution in [0.25, 0.3) is 5.82 Å². The molecule has 1 aliphatic rings. The Morgan fingerprint density at radius 3 is 2.74 bits per heavy atom. The minimum absolute atomic E-state index is 0.0932. The van der Waals surface area contributed by atoms with Gasteiger partial charge in [-0.1, -0.05) is 24.3 Å². The van der Waals surface area contributed by atoms with Gasteiger partial charge in [-0.15, -0.1) is 5.10 Å². The first-order valence-corrected chi connectivity index (χ1v) is 10.0. The van der Waals surface area contributed by atoms with Gasteiger partial charge in [-0.3, -0.25) is 9.48 Å². The minimum atomic E-state index is -0.262. The van der Waals surface area contributed by atoms with E-state index in [4.69, 9.17) is 10.5 Å². The second-order valence-corrected chi connectivity index (χ2v) is 7.63. The molecule has 3 heterocycles. The lowest BCUT2D eigenvalue weighted by Gasteiger charge is -2.08. The van der Waals surface area contributed by atoms with Crippen LogP contribution in [0, 0.1) is 5.92 Å². The fraction of sp³-hybridized carbons (Fsp3) is 0.227. The minimum Gasteiger partial charge on any atom is -0.487 e. The van der Waals surface area contributed by atoms with Crippen LogP contribution in [0.1, 0.15) is 29.0 Å². The second kappa shape index (κ2) is 8.02. The average molecular weight is 415 g/mol. The molecule has 1 saturated carbocycles. The maximum absolute atomic E-state index is 11.3. The molecule has 1 fully saturated rings. The first-order valence-electron chi connectivity index (χ1n) is 10.0. The van der Waals surface area contributed by atoms with Gasteiger partial charge in [0.1, 0.15) is 12.4 Å². The molecule has 1 aliphatic carbocycles. The fourth-order valence-electron chi connectivity index (χ4n) is 3.55. The highest BCUT2D eigenvalue weighted by Crippen LogP contribution is 2.47. The van der Waals surface area contributed by atoms with Gasteiger partial charge in [0, 0.05) is 30.6 Å². The van der Waals surface area contributed by atoms with Crippen LogP contribution < -0.4 is 10.5 Å². The van der Waals surface area contributed by atoms with Crippen molar-refractivity contribution in [2.75, 3.05) is 0 Å². The van der Waals surface area contributed by atoms with Gasteiger partial charge in [-0.25, -0.2) is 4.68 Å². The summed E-state index contributed by atoms with van der Waals surface area (Å²) in [5.41, 5.74) is 8.57. The molecule has 0 spiro atoms. The number of primary amides is 1. The molecular weight excluding hydrogens is 394 g/mol. The lowest BCUT2D eigenvalue weighted by atomic mass is 10.1. The summed E-state index contributed by atoms with van der Waals surface area (Å²) in [5.74, 6) is 0.945. The van der Waals surface area contributed by atoms with E-state index in [2.05, 4.69) is 32.5 Å². The first kappa shape index (κ1) is 19.0. The Hall–Kier alpha value is -4.01. The Morgan fingerprint density at radius 1 is 1.16 bits per heavy atom. The van der Waals surface area contributed by atoms with E-state index in [1.54, 1.807) is 29.3 Å². The lowest BCUT2D eigenvalue weighted by Crippen LogP contribution is -2.13. The Balaban J connectivity index is 1.21. The number of nitrogens with zero attached hydrogens (tertiary/aromatic N) is 6. The van der Waals surface area contributed by atoms with Crippen molar-refractivity contribution in [3.63, 3.8) is 0 Å². The number of benzene rings is 1. The third-order valence-electron chi connectivity index (χ3n) is 5.37. The van der Waals surface area contributed by atoms with Crippen molar-refractivity contribution in [1.29, 1.82) is 0 Å². The van der Waals surface area contributed by atoms with E-state index in [0.717, 1.165) is 24.1 Å². The van der Waals surface area contributed by atoms with Gasteiger partial charge in [0.05, 0.1) is 18.9 Å². The summed E-state index contributed by atoms with van der Waals surface area (Å²) in [5, 5.41) is 16.7. The highest BCUT2D eigenvalue weighted by Gasteiger charge is 2.43. The van der Waals surface area contributed by atoms with E-state index >= 15 is 0 Å². The predicted molar refractivity (Wildman–Crippen MR) is 111 cm³/mol. The molecule has 0 bridgehead atoms. The van der Waals surface area contributed by atoms with Gasteiger partial charge in [0.2, 0.25) is 5.91 Å². The molecular formula is C22H21N7O2. The van der Waals surface area contributed by atoms with Crippen molar-refractivity contribution >= 4 is 5.91 Å². The van der Waals surface area contributed by atoms with Crippen molar-refractivity contribution in [1.82, 2.24) is 29.8 Å². The quantitative estimate of drug-likeness (QED) is 0.471. The van der Waals surface area contributed by atoms with Gasteiger partial charge in [0.25, 0.3) is 0 Å². The predicted octanol–water partition coefficient (Wildman–Crippen LogP) is 2.07. The zero-order valence-corrected chi connectivity index (χ0v) is 16.7. The molecule has 2 unspecified atom stereocenters. The smallest absolute Gasteiger partial charge is 0.221 e. The Kier molecular flexibility index (Phi) is 4.91. The molecule has 0 aliphatic heterocycles. The molecule has 3 aromatic heterocycles. The number of ether oxygens (including phenoxy) is 1. The summed E-state index contributed by atoms with van der Waals surface area (Å²) in [6, 6.07) is 11.9. The number of nitrogens with two attached hydrogens (primary N) is 1. The van der Waals surface area contributed by atoms with E-state index in [1.807, 2.05) is 35.3 Å². The summed E-state index contributed by atoms with van der Waals surface area (Å²) in [7, 11) is 0. The molecule has 9 heteroatoms. The number of hydrogen-bond donors (Lipinski definition) is 1. The topological polar surface area (TPSA) is 114 Å². The standard InChI is InChI=1S/C22H21N7O2/c23-22(30)20-9-19(20)17-10-26-29(13-17)21-8-18(11-24-27-21)31-14-16-4-2-15(3-5-16)12-28-7-1-6-25-28/h1-8,10-11,13,19-20H,9,12,14H2,(H2,23,30). The van der Waals surface area contributed by atoms with Crippen LogP contribution in [-0.4, -0.2) is 35.7 Å². The normalized spacial score (nSPS) is 17.4. The number of carbonyl (C=O) groups excluding carboxylic acids is 1. The fourth-order valence-corrected chi connectivity index (χ4v) is 3.55. The third-order valence-corrected chi connectivity index (χ3v) is 5.37. The van der Waals surface area contributed by atoms with Gasteiger partial charge in [-0.05, 0) is 35.1 Å². The molecule has 2 atom stereocenters. The molecule has 4 aromatic rings. The summed E-state index contributed by atoms with van der Waals surface area (Å²) in [4.78, 5) is 11.3. The summed E-state index contributed by atoms with van der Waals surface area (Å²) in [6.45, 7) is 1.15. The molecule has 5 rings (SSSR count). The van der Waals surface area contributed by atoms with Crippen LogP contribution in [0.3, 0.4) is 0 Å². The van der Waals surface area contributed by atoms with Crippen molar-refractivity contribution in [3.05, 3.63) is 84.1 Å². The molecule has 1 aromatic carbocycles. The van der Waals surface area contributed by atoms with Crippen LogP contribution in [0.2, 0.25) is 0 Å². The number of carbonyl (C=O) groups is 1. The van der Waals surface area contributed by atoms with Gasteiger partial charge < -0.3 is 10.5 Å². The SMILES string of the molecule is NC(=O)C1CC1c1cnn(-c2cc(OCc3ccc(Cn4cccn4)cc3)cnn2)c1. The van der Waals surface area contributed by atoms with Crippen LogP contribution in [0.4, 0.5) is 0 Å². The van der Waals surface area contributed by atoms with Crippen molar-refractivity contribution in [2.24, 2.45) is 11.7 Å². The third kappa shape index (κ3) is 4.30. The van der Waals surface area contributed by atoms with E-state index in [0.29, 0.717) is 18.2 Å². The molecule has 0 saturated heterocycles. The van der Waals surface area contributed by atoms with Gasteiger partial charge in [-0.2, -0.15) is 15.3 Å². The maximum Gasteiger partial charge on any atom is 0.221 e. The summed E-state index contributed by atoms with van der Waals surface area (Å²) in [6.07, 6.45) is 9.66. The number of amides is 1. The Bertz CT molecular complexity index is 1180. The van der Waals surface area contributed by atoms with Crippen molar-refractivity contribution < 1.29 is 9.53 Å². The van der Waals surface area contributed by atoms with Crippen molar-refractivity contribution in [2.45, 2.75) is 25.5 Å². The second-order valence-electron chi connectivity index (χ2n) is 7.63. The Labute approximate surface area is 178 Å². The number of rotatable bonds is 8. The molecule has 1 amide bonds. The molecule has 31 heavy (non-hydrogen) atoms. The first-order chi connectivity index (χ1) is 15.2. The summed E-state index contributed by atoms with van der Waals surface area (Å²) < 4.78 is 9.41. The molecule has 0 radical (unpaired) electrons. The van der Waals surface area contributed by atoms with Crippen LogP contribution in [-0.2, 0) is 17.9 Å². The van der Waals surface area contributed by atoms with E-state index < -0.39 is 0 Å². The Morgan fingerprint density at radius 2 is 2.00 bits per heavy atom. The van der Waals surface area contributed by atoms with Crippen LogP contribution in [0.15, 0.2) is 67.4 Å².